The number of aromatic nitrogens is 4. The van der Waals surface area contributed by atoms with Crippen molar-refractivity contribution in [2.75, 3.05) is 6.54 Å². The van der Waals surface area contributed by atoms with Gasteiger partial charge in [-0.15, -0.1) is 0 Å². The molecule has 2 rings (SSSR count). The average Bonchev–Trinajstić information content (AvgIpc) is 2.89. The largest absolute Gasteiger partial charge is 0.330 e. The minimum Gasteiger partial charge on any atom is -0.330 e. The minimum absolute atomic E-state index is 0.777. The highest BCUT2D eigenvalue weighted by atomic mass is 15.3. The van der Waals surface area contributed by atoms with Gasteiger partial charge in [0.15, 0.2) is 0 Å². The second-order valence-corrected chi connectivity index (χ2v) is 4.01. The Labute approximate surface area is 100 Å². The molecule has 5 heteroatoms. The highest BCUT2D eigenvalue weighted by Gasteiger charge is 2.02. The van der Waals surface area contributed by atoms with E-state index in [4.69, 9.17) is 5.73 Å². The molecule has 0 aliphatic carbocycles. The number of nitrogens with one attached hydrogen (secondary N) is 1. The third-order valence-corrected chi connectivity index (χ3v) is 2.67. The lowest BCUT2D eigenvalue weighted by Crippen LogP contribution is -1.98. The molecule has 0 radical (unpaired) electrons. The second kappa shape index (κ2) is 6.10. The normalized spacial score (nSPS) is 10.6. The number of H-pyrrole nitrogens is 1. The van der Waals surface area contributed by atoms with Gasteiger partial charge in [-0.05, 0) is 37.4 Å². The summed E-state index contributed by atoms with van der Waals surface area (Å²) in [4.78, 5) is 4.37. The number of hydrogen-bond acceptors (Lipinski definition) is 4. The molecule has 17 heavy (non-hydrogen) atoms. The molecule has 0 saturated heterocycles. The summed E-state index contributed by atoms with van der Waals surface area (Å²) in [6, 6.07) is 4.08. The van der Waals surface area contributed by atoms with Crippen LogP contribution in [0.25, 0.3) is 11.4 Å². The number of hydrogen-bond donors (Lipinski definition) is 2. The van der Waals surface area contributed by atoms with Crippen LogP contribution in [0.5, 0.6) is 0 Å². The van der Waals surface area contributed by atoms with Gasteiger partial charge in [0.2, 0.25) is 0 Å². The maximum Gasteiger partial charge on any atom is 0.131 e. The first-order chi connectivity index (χ1) is 8.40. The van der Waals surface area contributed by atoms with Crippen molar-refractivity contribution >= 4 is 0 Å². The van der Waals surface area contributed by atoms with E-state index >= 15 is 0 Å². The lowest BCUT2D eigenvalue weighted by atomic mass is 10.1. The van der Waals surface area contributed by atoms with Gasteiger partial charge in [-0.25, -0.2) is 0 Å². The summed E-state index contributed by atoms with van der Waals surface area (Å²) in [5, 5.41) is 10.3. The monoisotopic (exact) mass is 231 g/mol. The van der Waals surface area contributed by atoms with Crippen LogP contribution in [0.3, 0.4) is 0 Å². The molecule has 0 fully saturated rings. The fourth-order valence-corrected chi connectivity index (χ4v) is 1.70. The van der Waals surface area contributed by atoms with Gasteiger partial charge in [0, 0.05) is 6.20 Å². The van der Waals surface area contributed by atoms with Gasteiger partial charge in [0.05, 0.1) is 11.9 Å². The number of unbranched alkanes of at least 4 members (excludes halogenated alkanes) is 2. The topological polar surface area (TPSA) is 80.5 Å². The van der Waals surface area contributed by atoms with Gasteiger partial charge in [-0.1, -0.05) is 12.5 Å². The van der Waals surface area contributed by atoms with Crippen molar-refractivity contribution in [1.29, 1.82) is 0 Å². The maximum absolute atomic E-state index is 5.45. The molecule has 0 aliphatic heterocycles. The Morgan fingerprint density at radius 2 is 2.00 bits per heavy atom. The molecular weight excluding hydrogens is 214 g/mol. The lowest BCUT2D eigenvalue weighted by molar-refractivity contribution is 0.685. The maximum atomic E-state index is 5.45. The van der Waals surface area contributed by atoms with Gasteiger partial charge < -0.3 is 5.73 Å². The van der Waals surface area contributed by atoms with Crippen LogP contribution in [0, 0.1) is 0 Å². The predicted octanol–water partition coefficient (Wildman–Crippen LogP) is 1.54. The first kappa shape index (κ1) is 11.7. The van der Waals surface area contributed by atoms with Crippen LogP contribution >= 0.6 is 0 Å². The Morgan fingerprint density at radius 1 is 1.06 bits per heavy atom. The number of nitrogens with two attached hydrogens (primary N) is 1. The van der Waals surface area contributed by atoms with Gasteiger partial charge in [0.25, 0.3) is 0 Å². The molecule has 0 spiro atoms. The van der Waals surface area contributed by atoms with Crippen LogP contribution in [0.1, 0.15) is 24.8 Å². The summed E-state index contributed by atoms with van der Waals surface area (Å²) in [6.07, 6.45) is 8.09. The summed E-state index contributed by atoms with van der Waals surface area (Å²) >= 11 is 0. The molecule has 2 aromatic heterocycles. The SMILES string of the molecule is NCCCCCc1ccc(-c2cn[nH]n2)nc1. The standard InChI is InChI=1S/C12H17N5/c13-7-3-1-2-4-10-5-6-11(14-8-10)12-9-15-17-16-12/h5-6,8-9H,1-4,7,13H2,(H,15,16,17). The molecule has 0 unspecified atom stereocenters. The van der Waals surface area contributed by atoms with Crippen LogP contribution in [0.15, 0.2) is 24.5 Å². The van der Waals surface area contributed by atoms with E-state index in [2.05, 4.69) is 26.5 Å². The number of rotatable bonds is 6. The number of aryl methyl sites for hydroxylation is 1. The Balaban J connectivity index is 1.90. The molecule has 3 N–H and O–H groups in total. The van der Waals surface area contributed by atoms with Crippen molar-refractivity contribution in [3.05, 3.63) is 30.1 Å². The highest BCUT2D eigenvalue weighted by Crippen LogP contribution is 2.13. The van der Waals surface area contributed by atoms with Crippen molar-refractivity contribution in [2.45, 2.75) is 25.7 Å². The zero-order valence-corrected chi connectivity index (χ0v) is 9.76. The molecule has 0 amide bonds. The number of aromatic amines is 1. The van der Waals surface area contributed by atoms with E-state index in [1.165, 1.54) is 18.4 Å². The summed E-state index contributed by atoms with van der Waals surface area (Å²) in [7, 11) is 0. The van der Waals surface area contributed by atoms with Crippen molar-refractivity contribution < 1.29 is 0 Å². The zero-order chi connectivity index (χ0) is 11.9. The summed E-state index contributed by atoms with van der Waals surface area (Å²) in [5.41, 5.74) is 8.34. The van der Waals surface area contributed by atoms with Crippen molar-refractivity contribution in [2.24, 2.45) is 5.73 Å². The first-order valence-corrected chi connectivity index (χ1v) is 5.91. The third-order valence-electron chi connectivity index (χ3n) is 2.67. The second-order valence-electron chi connectivity index (χ2n) is 4.01. The Hall–Kier alpha value is -1.75. The lowest BCUT2D eigenvalue weighted by Gasteiger charge is -2.01. The predicted molar refractivity (Wildman–Crippen MR) is 66.2 cm³/mol. The van der Waals surface area contributed by atoms with Gasteiger partial charge in [0.1, 0.15) is 5.69 Å². The van der Waals surface area contributed by atoms with Crippen LogP contribution in [-0.2, 0) is 6.42 Å². The van der Waals surface area contributed by atoms with E-state index in [0.717, 1.165) is 30.8 Å². The molecule has 0 aliphatic rings. The zero-order valence-electron chi connectivity index (χ0n) is 9.76. The van der Waals surface area contributed by atoms with Crippen LogP contribution < -0.4 is 5.73 Å². The molecule has 0 atom stereocenters. The smallest absolute Gasteiger partial charge is 0.131 e. The number of pyridine rings is 1. The minimum atomic E-state index is 0.777. The van der Waals surface area contributed by atoms with E-state index in [9.17, 15) is 0 Å². The van der Waals surface area contributed by atoms with Gasteiger partial charge >= 0.3 is 0 Å². The molecule has 90 valence electrons. The van der Waals surface area contributed by atoms with E-state index < -0.39 is 0 Å². The van der Waals surface area contributed by atoms with E-state index in [-0.39, 0.29) is 0 Å². The van der Waals surface area contributed by atoms with Gasteiger partial charge in [-0.3, -0.25) is 4.98 Å². The first-order valence-electron chi connectivity index (χ1n) is 5.91. The summed E-state index contributed by atoms with van der Waals surface area (Å²) in [6.45, 7) is 0.781. The van der Waals surface area contributed by atoms with Crippen LogP contribution in [0.4, 0.5) is 0 Å². The molecule has 5 nitrogen and oxygen atoms in total. The van der Waals surface area contributed by atoms with Crippen LogP contribution in [-0.4, -0.2) is 26.9 Å². The van der Waals surface area contributed by atoms with E-state index in [1.54, 1.807) is 6.20 Å². The number of nitrogens with zero attached hydrogens (tertiary/aromatic N) is 3. The quantitative estimate of drug-likeness (QED) is 0.739. The Kier molecular flexibility index (Phi) is 4.21. The molecule has 2 heterocycles. The Bertz CT molecular complexity index is 421. The van der Waals surface area contributed by atoms with Crippen molar-refractivity contribution in [3.8, 4) is 11.4 Å². The molecule has 0 saturated carbocycles. The molecular formula is C12H17N5. The summed E-state index contributed by atoms with van der Waals surface area (Å²) in [5.74, 6) is 0. The van der Waals surface area contributed by atoms with Crippen molar-refractivity contribution in [1.82, 2.24) is 20.4 Å². The third kappa shape index (κ3) is 3.35. The van der Waals surface area contributed by atoms with Gasteiger partial charge in [-0.2, -0.15) is 15.4 Å². The average molecular weight is 231 g/mol. The summed E-state index contributed by atoms with van der Waals surface area (Å²) < 4.78 is 0. The highest BCUT2D eigenvalue weighted by molar-refractivity contribution is 5.51. The fraction of sp³-hybridized carbons (Fsp3) is 0.417. The molecule has 0 aromatic carbocycles. The van der Waals surface area contributed by atoms with Crippen LogP contribution in [0.2, 0.25) is 0 Å². The molecule has 0 bridgehead atoms. The fourth-order valence-electron chi connectivity index (χ4n) is 1.70. The molecule has 2 aromatic rings. The Morgan fingerprint density at radius 3 is 2.65 bits per heavy atom. The van der Waals surface area contributed by atoms with Crippen molar-refractivity contribution in [3.63, 3.8) is 0 Å². The van der Waals surface area contributed by atoms with E-state index in [0.29, 0.717) is 0 Å². The van der Waals surface area contributed by atoms with E-state index in [1.807, 2.05) is 12.3 Å².